The van der Waals surface area contributed by atoms with E-state index in [0.29, 0.717) is 0 Å². The molecule has 0 aromatic rings. The fourth-order valence-electron chi connectivity index (χ4n) is 1.25. The molecule has 0 rings (SSSR count). The van der Waals surface area contributed by atoms with E-state index in [-0.39, 0.29) is 9.83 Å². The first-order valence-electron chi connectivity index (χ1n) is 5.12. The first-order chi connectivity index (χ1) is 6.18. The number of nitrogens with two attached hydrogens (primary N) is 1. The van der Waals surface area contributed by atoms with E-state index in [1.54, 1.807) is 0 Å². The molecular weight excluding hydrogens is 277 g/mol. The Balaban J connectivity index is 3.11. The summed E-state index contributed by atoms with van der Waals surface area (Å²) in [5, 5.41) is 0. The molecule has 0 saturated heterocycles. The highest BCUT2D eigenvalue weighted by atomic mass is 127. The summed E-state index contributed by atoms with van der Waals surface area (Å²) in [6.45, 7) is 2.22. The fourth-order valence-corrected chi connectivity index (χ4v) is 1.69. The monoisotopic (exact) mass is 297 g/mol. The molecule has 0 aliphatic rings. The fraction of sp³-hybridized carbons (Fsp3) is 0.900. The molecule has 0 aliphatic heterocycles. The minimum absolute atomic E-state index is 0.0313. The maximum atomic E-state index is 10.7. The van der Waals surface area contributed by atoms with Gasteiger partial charge in [-0.3, -0.25) is 4.79 Å². The van der Waals surface area contributed by atoms with Gasteiger partial charge in [0.05, 0.1) is 3.92 Å². The van der Waals surface area contributed by atoms with Crippen LogP contribution >= 0.6 is 22.6 Å². The highest BCUT2D eigenvalue weighted by Gasteiger charge is 2.08. The molecule has 2 N–H and O–H groups in total. The van der Waals surface area contributed by atoms with Crippen molar-refractivity contribution in [2.24, 2.45) is 5.73 Å². The van der Waals surface area contributed by atoms with Gasteiger partial charge in [-0.2, -0.15) is 0 Å². The van der Waals surface area contributed by atoms with Gasteiger partial charge in [-0.15, -0.1) is 0 Å². The molecule has 0 heterocycles. The number of unbranched alkanes of at least 4 members (excludes halogenated alkanes) is 5. The standard InChI is InChI=1S/C10H20INO/c1-2-3-4-5-6-7-8-9(11)10(12)13/h9H,2-8H2,1H3,(H2,12,13). The number of primary amides is 1. The summed E-state index contributed by atoms with van der Waals surface area (Å²) in [6.07, 6.45) is 8.59. The number of rotatable bonds is 8. The van der Waals surface area contributed by atoms with Crippen LogP contribution in [0.3, 0.4) is 0 Å². The van der Waals surface area contributed by atoms with E-state index in [1.807, 2.05) is 0 Å². The quantitative estimate of drug-likeness (QED) is 0.418. The van der Waals surface area contributed by atoms with Crippen LogP contribution in [0.2, 0.25) is 0 Å². The first kappa shape index (κ1) is 13.2. The Hall–Kier alpha value is 0.200. The van der Waals surface area contributed by atoms with Crippen molar-refractivity contribution in [2.75, 3.05) is 0 Å². The molecule has 3 heteroatoms. The van der Waals surface area contributed by atoms with Crippen LogP contribution in [0.15, 0.2) is 0 Å². The molecular formula is C10H20INO. The zero-order valence-corrected chi connectivity index (χ0v) is 10.5. The lowest BCUT2D eigenvalue weighted by atomic mass is 10.1. The molecule has 1 amide bonds. The van der Waals surface area contributed by atoms with Gasteiger partial charge in [-0.1, -0.05) is 68.0 Å². The Labute approximate surface area is 94.8 Å². The minimum atomic E-state index is -0.172. The Morgan fingerprint density at radius 2 is 1.77 bits per heavy atom. The van der Waals surface area contributed by atoms with Gasteiger partial charge in [0.15, 0.2) is 0 Å². The topological polar surface area (TPSA) is 43.1 Å². The van der Waals surface area contributed by atoms with E-state index in [9.17, 15) is 4.79 Å². The molecule has 1 atom stereocenters. The summed E-state index contributed by atoms with van der Waals surface area (Å²) in [6, 6.07) is 0. The van der Waals surface area contributed by atoms with Crippen molar-refractivity contribution >= 4 is 28.5 Å². The number of hydrogen-bond donors (Lipinski definition) is 1. The van der Waals surface area contributed by atoms with Crippen LogP contribution in [0.5, 0.6) is 0 Å². The highest BCUT2D eigenvalue weighted by Crippen LogP contribution is 2.12. The van der Waals surface area contributed by atoms with Gasteiger partial charge in [0.25, 0.3) is 0 Å². The predicted octanol–water partition coefficient (Wildman–Crippen LogP) is 3.03. The molecule has 0 fully saturated rings. The maximum absolute atomic E-state index is 10.7. The predicted molar refractivity (Wildman–Crippen MR) is 65.0 cm³/mol. The Kier molecular flexibility index (Phi) is 8.92. The highest BCUT2D eigenvalue weighted by molar-refractivity contribution is 14.1. The van der Waals surface area contributed by atoms with Gasteiger partial charge in [0, 0.05) is 0 Å². The first-order valence-corrected chi connectivity index (χ1v) is 6.36. The van der Waals surface area contributed by atoms with Crippen LogP contribution in [-0.4, -0.2) is 9.83 Å². The van der Waals surface area contributed by atoms with Crippen LogP contribution in [-0.2, 0) is 4.79 Å². The largest absolute Gasteiger partial charge is 0.369 e. The summed E-state index contributed by atoms with van der Waals surface area (Å²) in [7, 11) is 0. The van der Waals surface area contributed by atoms with Crippen molar-refractivity contribution < 1.29 is 4.79 Å². The third kappa shape index (κ3) is 8.53. The SMILES string of the molecule is CCCCCCCCC(I)C(N)=O. The van der Waals surface area contributed by atoms with Crippen molar-refractivity contribution in [1.29, 1.82) is 0 Å². The molecule has 2 nitrogen and oxygen atoms in total. The van der Waals surface area contributed by atoms with Crippen LogP contribution in [0.25, 0.3) is 0 Å². The average molecular weight is 297 g/mol. The second-order valence-corrected chi connectivity index (χ2v) is 4.93. The Morgan fingerprint density at radius 1 is 1.23 bits per heavy atom. The van der Waals surface area contributed by atoms with Crippen LogP contribution in [0.4, 0.5) is 0 Å². The summed E-state index contributed by atoms with van der Waals surface area (Å²) in [5.41, 5.74) is 5.15. The van der Waals surface area contributed by atoms with Crippen molar-refractivity contribution in [3.63, 3.8) is 0 Å². The van der Waals surface area contributed by atoms with Gasteiger partial charge in [-0.25, -0.2) is 0 Å². The maximum Gasteiger partial charge on any atom is 0.230 e. The molecule has 0 radical (unpaired) electrons. The van der Waals surface area contributed by atoms with Crippen molar-refractivity contribution in [3.05, 3.63) is 0 Å². The number of halogens is 1. The van der Waals surface area contributed by atoms with Crippen LogP contribution in [0, 0.1) is 0 Å². The minimum Gasteiger partial charge on any atom is -0.369 e. The molecule has 78 valence electrons. The lowest BCUT2D eigenvalue weighted by Gasteiger charge is -2.04. The molecule has 0 bridgehead atoms. The second-order valence-electron chi connectivity index (χ2n) is 3.43. The normalized spacial score (nSPS) is 12.8. The van der Waals surface area contributed by atoms with Gasteiger partial charge >= 0.3 is 0 Å². The lowest BCUT2D eigenvalue weighted by Crippen LogP contribution is -2.22. The molecule has 0 aliphatic carbocycles. The van der Waals surface area contributed by atoms with Gasteiger partial charge in [0.1, 0.15) is 0 Å². The molecule has 13 heavy (non-hydrogen) atoms. The molecule has 0 aromatic heterocycles. The third-order valence-electron chi connectivity index (χ3n) is 2.12. The Bertz CT molecular complexity index is 139. The number of amides is 1. The summed E-state index contributed by atoms with van der Waals surface area (Å²) < 4.78 is 0.0313. The van der Waals surface area contributed by atoms with Gasteiger partial charge in [-0.05, 0) is 6.42 Å². The van der Waals surface area contributed by atoms with E-state index in [4.69, 9.17) is 5.73 Å². The molecule has 0 saturated carbocycles. The van der Waals surface area contributed by atoms with E-state index in [1.165, 1.54) is 32.1 Å². The van der Waals surface area contributed by atoms with Crippen molar-refractivity contribution in [1.82, 2.24) is 0 Å². The van der Waals surface area contributed by atoms with E-state index < -0.39 is 0 Å². The smallest absolute Gasteiger partial charge is 0.230 e. The van der Waals surface area contributed by atoms with Crippen LogP contribution in [0.1, 0.15) is 51.9 Å². The number of carbonyl (C=O) groups excluding carboxylic acids is 1. The van der Waals surface area contributed by atoms with Gasteiger partial charge < -0.3 is 5.73 Å². The summed E-state index contributed by atoms with van der Waals surface area (Å²) >= 11 is 2.13. The third-order valence-corrected chi connectivity index (χ3v) is 3.36. The lowest BCUT2D eigenvalue weighted by molar-refractivity contribution is -0.117. The van der Waals surface area contributed by atoms with E-state index >= 15 is 0 Å². The van der Waals surface area contributed by atoms with Crippen LogP contribution < -0.4 is 5.73 Å². The van der Waals surface area contributed by atoms with E-state index in [2.05, 4.69) is 29.5 Å². The molecule has 0 spiro atoms. The van der Waals surface area contributed by atoms with Crippen molar-refractivity contribution in [3.8, 4) is 0 Å². The van der Waals surface area contributed by atoms with E-state index in [0.717, 1.165) is 12.8 Å². The number of hydrogen-bond acceptors (Lipinski definition) is 1. The summed E-state index contributed by atoms with van der Waals surface area (Å²) in [4.78, 5) is 10.7. The summed E-state index contributed by atoms with van der Waals surface area (Å²) in [5.74, 6) is -0.172. The van der Waals surface area contributed by atoms with Crippen molar-refractivity contribution in [2.45, 2.75) is 55.8 Å². The number of alkyl halides is 1. The molecule has 0 aromatic carbocycles. The second kappa shape index (κ2) is 8.78. The zero-order valence-electron chi connectivity index (χ0n) is 8.39. The number of carbonyl (C=O) groups is 1. The average Bonchev–Trinajstić information content (AvgIpc) is 2.10. The zero-order chi connectivity index (χ0) is 10.1. The molecule has 1 unspecified atom stereocenters. The van der Waals surface area contributed by atoms with Gasteiger partial charge in [0.2, 0.25) is 5.91 Å². The Morgan fingerprint density at radius 3 is 2.31 bits per heavy atom.